The number of carbonyl (C=O) groups is 2. The highest BCUT2D eigenvalue weighted by molar-refractivity contribution is 5.78. The van der Waals surface area contributed by atoms with Crippen molar-refractivity contribution in [1.82, 2.24) is 10.6 Å². The van der Waals surface area contributed by atoms with Gasteiger partial charge in [0.15, 0.2) is 0 Å². The number of rotatable bonds is 7. The van der Waals surface area contributed by atoms with Crippen molar-refractivity contribution < 1.29 is 14.7 Å². The Morgan fingerprint density at radius 1 is 1.19 bits per heavy atom. The predicted octanol–water partition coefficient (Wildman–Crippen LogP) is 3.15. The molecule has 5 nitrogen and oxygen atoms in total. The van der Waals surface area contributed by atoms with Crippen LogP contribution in [-0.4, -0.2) is 29.7 Å². The maximum absolute atomic E-state index is 11.9. The highest BCUT2D eigenvalue weighted by atomic mass is 16.4. The zero-order valence-electron chi connectivity index (χ0n) is 13.6. The summed E-state index contributed by atoms with van der Waals surface area (Å²) in [7, 11) is 0. The van der Waals surface area contributed by atoms with E-state index in [-0.39, 0.29) is 18.6 Å². The van der Waals surface area contributed by atoms with Gasteiger partial charge in [0.1, 0.15) is 0 Å². The molecule has 1 fully saturated rings. The SMILES string of the molecule is CCC(C)CC(C)NC(=O)NCC1(C(=O)O)CCCCC1. The second kappa shape index (κ2) is 8.25. The van der Waals surface area contributed by atoms with E-state index in [0.717, 1.165) is 32.1 Å². The van der Waals surface area contributed by atoms with Crippen LogP contribution in [0.15, 0.2) is 0 Å². The summed E-state index contributed by atoms with van der Waals surface area (Å²) in [4.78, 5) is 23.4. The number of hydrogen-bond donors (Lipinski definition) is 3. The molecule has 21 heavy (non-hydrogen) atoms. The number of hydrogen-bond acceptors (Lipinski definition) is 2. The molecule has 2 unspecified atom stereocenters. The van der Waals surface area contributed by atoms with Gasteiger partial charge in [0, 0.05) is 12.6 Å². The van der Waals surface area contributed by atoms with Crippen molar-refractivity contribution in [1.29, 1.82) is 0 Å². The van der Waals surface area contributed by atoms with Crippen molar-refractivity contribution in [3.05, 3.63) is 0 Å². The van der Waals surface area contributed by atoms with E-state index in [9.17, 15) is 14.7 Å². The van der Waals surface area contributed by atoms with Crippen molar-refractivity contribution in [2.75, 3.05) is 6.54 Å². The van der Waals surface area contributed by atoms with Crippen LogP contribution in [0.1, 0.15) is 65.7 Å². The monoisotopic (exact) mass is 298 g/mol. The first kappa shape index (κ1) is 17.8. The van der Waals surface area contributed by atoms with Crippen LogP contribution in [0.25, 0.3) is 0 Å². The zero-order valence-corrected chi connectivity index (χ0v) is 13.6. The minimum absolute atomic E-state index is 0.104. The van der Waals surface area contributed by atoms with E-state index < -0.39 is 11.4 Å². The Labute approximate surface area is 127 Å². The molecule has 0 aromatic rings. The molecule has 1 saturated carbocycles. The maximum atomic E-state index is 11.9. The third-order valence-corrected chi connectivity index (χ3v) is 4.68. The molecule has 0 heterocycles. The topological polar surface area (TPSA) is 78.4 Å². The third kappa shape index (κ3) is 5.56. The molecule has 2 amide bonds. The summed E-state index contributed by atoms with van der Waals surface area (Å²) >= 11 is 0. The first-order valence-corrected chi connectivity index (χ1v) is 8.17. The van der Waals surface area contributed by atoms with E-state index in [2.05, 4.69) is 24.5 Å². The van der Waals surface area contributed by atoms with Crippen molar-refractivity contribution >= 4 is 12.0 Å². The normalized spacial score (nSPS) is 20.3. The fourth-order valence-corrected chi connectivity index (χ4v) is 3.05. The lowest BCUT2D eigenvalue weighted by Gasteiger charge is -2.33. The quantitative estimate of drug-likeness (QED) is 0.675. The van der Waals surface area contributed by atoms with Gasteiger partial charge >= 0.3 is 12.0 Å². The molecule has 0 aliphatic heterocycles. The number of aliphatic carboxylic acids is 1. The van der Waals surface area contributed by atoms with Gasteiger partial charge in [0.25, 0.3) is 0 Å². The Morgan fingerprint density at radius 2 is 1.81 bits per heavy atom. The Bertz CT molecular complexity index is 351. The van der Waals surface area contributed by atoms with Gasteiger partial charge in [-0.15, -0.1) is 0 Å². The summed E-state index contributed by atoms with van der Waals surface area (Å²) in [6.07, 6.45) is 6.30. The average Bonchev–Trinajstić information content (AvgIpc) is 2.45. The first-order chi connectivity index (χ1) is 9.89. The standard InChI is InChI=1S/C16H30N2O3/c1-4-12(2)10-13(3)18-15(21)17-11-16(14(19)20)8-6-5-7-9-16/h12-13H,4-11H2,1-3H3,(H,19,20)(H2,17,18,21). The second-order valence-corrected chi connectivity index (χ2v) is 6.62. The summed E-state index contributed by atoms with van der Waals surface area (Å²) in [6.45, 7) is 6.51. The van der Waals surface area contributed by atoms with Gasteiger partial charge in [0.05, 0.1) is 5.41 Å². The minimum atomic E-state index is -0.782. The molecule has 0 bridgehead atoms. The van der Waals surface area contributed by atoms with E-state index in [0.29, 0.717) is 18.8 Å². The van der Waals surface area contributed by atoms with Gasteiger partial charge in [-0.05, 0) is 32.1 Å². The smallest absolute Gasteiger partial charge is 0.315 e. The average molecular weight is 298 g/mol. The van der Waals surface area contributed by atoms with Gasteiger partial charge in [-0.25, -0.2) is 4.79 Å². The van der Waals surface area contributed by atoms with Crippen LogP contribution in [0.2, 0.25) is 0 Å². The Balaban J connectivity index is 2.41. The van der Waals surface area contributed by atoms with Crippen molar-refractivity contribution in [3.8, 4) is 0 Å². The molecular formula is C16H30N2O3. The Hall–Kier alpha value is -1.26. The van der Waals surface area contributed by atoms with E-state index >= 15 is 0 Å². The molecule has 0 aromatic carbocycles. The van der Waals surface area contributed by atoms with Gasteiger partial charge in [-0.1, -0.05) is 39.5 Å². The van der Waals surface area contributed by atoms with E-state index in [1.165, 1.54) is 0 Å². The molecule has 0 aromatic heterocycles. The summed E-state index contributed by atoms with van der Waals surface area (Å²) in [5.41, 5.74) is -0.768. The molecule has 1 aliphatic rings. The van der Waals surface area contributed by atoms with E-state index in [1.54, 1.807) is 0 Å². The lowest BCUT2D eigenvalue weighted by atomic mass is 9.74. The number of urea groups is 1. The highest BCUT2D eigenvalue weighted by Gasteiger charge is 2.39. The largest absolute Gasteiger partial charge is 0.481 e. The number of nitrogens with one attached hydrogen (secondary N) is 2. The first-order valence-electron chi connectivity index (χ1n) is 8.17. The summed E-state index contributed by atoms with van der Waals surface area (Å²) in [5.74, 6) is -0.209. The third-order valence-electron chi connectivity index (χ3n) is 4.68. The molecule has 1 aliphatic carbocycles. The van der Waals surface area contributed by atoms with E-state index in [1.807, 2.05) is 6.92 Å². The number of carboxylic acid groups (broad SMARTS) is 1. The fraction of sp³-hybridized carbons (Fsp3) is 0.875. The Kier molecular flexibility index (Phi) is 6.99. The second-order valence-electron chi connectivity index (χ2n) is 6.62. The van der Waals surface area contributed by atoms with E-state index in [4.69, 9.17) is 0 Å². The van der Waals surface area contributed by atoms with Gasteiger partial charge in [0.2, 0.25) is 0 Å². The number of amides is 2. The molecule has 1 rings (SSSR count). The predicted molar refractivity (Wildman–Crippen MR) is 83.2 cm³/mol. The lowest BCUT2D eigenvalue weighted by molar-refractivity contribution is -0.150. The van der Waals surface area contributed by atoms with Gasteiger partial charge < -0.3 is 15.7 Å². The molecular weight excluding hydrogens is 268 g/mol. The van der Waals surface area contributed by atoms with Crippen LogP contribution >= 0.6 is 0 Å². The van der Waals surface area contributed by atoms with Crippen LogP contribution in [0.4, 0.5) is 4.79 Å². The van der Waals surface area contributed by atoms with Crippen LogP contribution in [0, 0.1) is 11.3 Å². The van der Waals surface area contributed by atoms with Crippen LogP contribution in [0.5, 0.6) is 0 Å². The zero-order chi connectivity index (χ0) is 15.9. The van der Waals surface area contributed by atoms with Crippen LogP contribution in [-0.2, 0) is 4.79 Å². The molecule has 0 radical (unpaired) electrons. The summed E-state index contributed by atoms with van der Waals surface area (Å²) in [5, 5.41) is 15.1. The minimum Gasteiger partial charge on any atom is -0.481 e. The highest BCUT2D eigenvalue weighted by Crippen LogP contribution is 2.35. The maximum Gasteiger partial charge on any atom is 0.315 e. The lowest BCUT2D eigenvalue weighted by Crippen LogP contribution is -2.49. The summed E-state index contributed by atoms with van der Waals surface area (Å²) in [6, 6.07) is -0.149. The molecule has 5 heteroatoms. The van der Waals surface area contributed by atoms with Gasteiger partial charge in [-0.3, -0.25) is 4.79 Å². The van der Waals surface area contributed by atoms with Crippen molar-refractivity contribution in [2.45, 2.75) is 71.8 Å². The van der Waals surface area contributed by atoms with Crippen LogP contribution < -0.4 is 10.6 Å². The molecule has 122 valence electrons. The number of carbonyl (C=O) groups excluding carboxylic acids is 1. The van der Waals surface area contributed by atoms with Crippen LogP contribution in [0.3, 0.4) is 0 Å². The van der Waals surface area contributed by atoms with Gasteiger partial charge in [-0.2, -0.15) is 0 Å². The number of carboxylic acids is 1. The van der Waals surface area contributed by atoms with Crippen molar-refractivity contribution in [3.63, 3.8) is 0 Å². The Morgan fingerprint density at radius 3 is 2.33 bits per heavy atom. The molecule has 0 saturated heterocycles. The summed E-state index contributed by atoms with van der Waals surface area (Å²) < 4.78 is 0. The fourth-order valence-electron chi connectivity index (χ4n) is 3.05. The van der Waals surface area contributed by atoms with Crippen molar-refractivity contribution in [2.24, 2.45) is 11.3 Å². The molecule has 3 N–H and O–H groups in total. The molecule has 0 spiro atoms. The molecule has 2 atom stereocenters.